The fourth-order valence-corrected chi connectivity index (χ4v) is 2.94. The molecule has 2 rings (SSSR count). The lowest BCUT2D eigenvalue weighted by Crippen LogP contribution is -2.13. The van der Waals surface area contributed by atoms with Crippen molar-refractivity contribution >= 4 is 61.7 Å². The summed E-state index contributed by atoms with van der Waals surface area (Å²) in [5, 5.41) is 4.37. The second-order valence-electron chi connectivity index (χ2n) is 4.21. The maximum Gasteiger partial charge on any atom is 0.256 e. The number of rotatable bonds is 4. The maximum atomic E-state index is 12.2. The molecule has 0 saturated heterocycles. The van der Waals surface area contributed by atoms with Crippen molar-refractivity contribution in [2.24, 2.45) is 0 Å². The Labute approximate surface area is 145 Å². The van der Waals surface area contributed by atoms with Gasteiger partial charge >= 0.3 is 0 Å². The van der Waals surface area contributed by atoms with E-state index in [2.05, 4.69) is 43.8 Å². The average Bonchev–Trinajstić information content (AvgIpc) is 2.44. The Balaban J connectivity index is 2.13. The third kappa shape index (κ3) is 4.20. The quantitative estimate of drug-likeness (QED) is 0.493. The number of anilines is 1. The van der Waals surface area contributed by atoms with Gasteiger partial charge in [0.15, 0.2) is 0 Å². The highest BCUT2D eigenvalue weighted by atomic mass is 127. The van der Waals surface area contributed by atoms with Crippen LogP contribution in [0.5, 0.6) is 0 Å². The molecule has 20 heavy (non-hydrogen) atoms. The van der Waals surface area contributed by atoms with Crippen molar-refractivity contribution in [3.8, 4) is 0 Å². The van der Waals surface area contributed by atoms with Gasteiger partial charge in [0, 0.05) is 19.6 Å². The van der Waals surface area contributed by atoms with Gasteiger partial charge in [-0.3, -0.25) is 4.79 Å². The lowest BCUT2D eigenvalue weighted by atomic mass is 10.1. The number of amides is 1. The van der Waals surface area contributed by atoms with Crippen LogP contribution in [0.4, 0.5) is 5.69 Å². The monoisotopic (exact) mass is 463 g/mol. The Morgan fingerprint density at radius 2 is 1.90 bits per heavy atom. The third-order valence-electron chi connectivity index (χ3n) is 2.77. The molecule has 0 bridgehead atoms. The zero-order chi connectivity index (χ0) is 14.5. The first-order valence-electron chi connectivity index (χ1n) is 6.01. The highest BCUT2D eigenvalue weighted by Crippen LogP contribution is 2.19. The van der Waals surface area contributed by atoms with E-state index in [0.29, 0.717) is 10.6 Å². The van der Waals surface area contributed by atoms with Crippen molar-refractivity contribution in [1.29, 1.82) is 0 Å². The molecule has 0 spiro atoms. The van der Waals surface area contributed by atoms with Gasteiger partial charge in [0.25, 0.3) is 5.91 Å². The molecule has 0 heterocycles. The van der Waals surface area contributed by atoms with Crippen molar-refractivity contribution in [2.45, 2.75) is 6.42 Å². The van der Waals surface area contributed by atoms with Crippen LogP contribution in [-0.2, 0) is 6.42 Å². The standard InChI is InChI=1S/C15H12BrClINO/c16-8-7-10-1-4-12(5-2-10)19-15(20)13-9-11(17)3-6-14(13)18/h1-6,9H,7-8H2,(H,19,20). The smallest absolute Gasteiger partial charge is 0.256 e. The van der Waals surface area contributed by atoms with E-state index in [1.54, 1.807) is 12.1 Å². The zero-order valence-corrected chi connectivity index (χ0v) is 15.0. The van der Waals surface area contributed by atoms with Gasteiger partial charge in [-0.1, -0.05) is 39.7 Å². The number of hydrogen-bond donors (Lipinski definition) is 1. The van der Waals surface area contributed by atoms with Crippen LogP contribution < -0.4 is 5.32 Å². The first-order chi connectivity index (χ1) is 9.60. The van der Waals surface area contributed by atoms with Crippen molar-refractivity contribution in [2.75, 3.05) is 10.6 Å². The molecule has 0 aromatic heterocycles. The molecule has 2 nitrogen and oxygen atoms in total. The van der Waals surface area contributed by atoms with Gasteiger partial charge in [-0.2, -0.15) is 0 Å². The molecule has 5 heteroatoms. The van der Waals surface area contributed by atoms with Crippen molar-refractivity contribution in [3.63, 3.8) is 0 Å². The molecule has 2 aromatic carbocycles. The minimum atomic E-state index is -0.148. The lowest BCUT2D eigenvalue weighted by Gasteiger charge is -2.08. The summed E-state index contributed by atoms with van der Waals surface area (Å²) < 4.78 is 0.875. The Morgan fingerprint density at radius 1 is 1.20 bits per heavy atom. The second kappa shape index (κ2) is 7.43. The van der Waals surface area contributed by atoms with E-state index in [4.69, 9.17) is 11.6 Å². The largest absolute Gasteiger partial charge is 0.322 e. The van der Waals surface area contributed by atoms with Gasteiger partial charge in [0.2, 0.25) is 0 Å². The minimum Gasteiger partial charge on any atom is -0.322 e. The number of benzene rings is 2. The van der Waals surface area contributed by atoms with Crippen LogP contribution >= 0.6 is 50.1 Å². The van der Waals surface area contributed by atoms with Crippen LogP contribution in [-0.4, -0.2) is 11.2 Å². The summed E-state index contributed by atoms with van der Waals surface area (Å²) in [7, 11) is 0. The Kier molecular flexibility index (Phi) is 5.86. The molecule has 2 aromatic rings. The van der Waals surface area contributed by atoms with E-state index in [1.165, 1.54) is 5.56 Å². The summed E-state index contributed by atoms with van der Waals surface area (Å²) in [6.45, 7) is 0. The van der Waals surface area contributed by atoms with Gasteiger partial charge in [0.1, 0.15) is 0 Å². The third-order valence-corrected chi connectivity index (χ3v) is 4.34. The van der Waals surface area contributed by atoms with E-state index in [9.17, 15) is 4.79 Å². The summed E-state index contributed by atoms with van der Waals surface area (Å²) in [5.74, 6) is -0.148. The van der Waals surface area contributed by atoms with Crippen LogP contribution in [0, 0.1) is 3.57 Å². The summed E-state index contributed by atoms with van der Waals surface area (Å²) in [4.78, 5) is 12.2. The summed E-state index contributed by atoms with van der Waals surface area (Å²) in [5.41, 5.74) is 2.60. The molecule has 1 N–H and O–H groups in total. The van der Waals surface area contributed by atoms with Gasteiger partial charge in [-0.05, 0) is 64.9 Å². The summed E-state index contributed by atoms with van der Waals surface area (Å²) in [6.07, 6.45) is 0.973. The molecule has 0 unspecified atom stereocenters. The highest BCUT2D eigenvalue weighted by molar-refractivity contribution is 14.1. The molecule has 0 saturated carbocycles. The van der Waals surface area contributed by atoms with E-state index in [1.807, 2.05) is 30.3 Å². The van der Waals surface area contributed by atoms with Gasteiger partial charge in [-0.15, -0.1) is 0 Å². The van der Waals surface area contributed by atoms with E-state index in [-0.39, 0.29) is 5.91 Å². The van der Waals surface area contributed by atoms with Crippen LogP contribution in [0.2, 0.25) is 5.02 Å². The number of carbonyl (C=O) groups excluding carboxylic acids is 1. The topological polar surface area (TPSA) is 29.1 Å². The van der Waals surface area contributed by atoms with Gasteiger partial charge < -0.3 is 5.32 Å². The Bertz CT molecular complexity index is 616. The van der Waals surface area contributed by atoms with Crippen molar-refractivity contribution < 1.29 is 4.79 Å². The number of hydrogen-bond acceptors (Lipinski definition) is 1. The van der Waals surface area contributed by atoms with Crippen LogP contribution in [0.1, 0.15) is 15.9 Å². The average molecular weight is 465 g/mol. The van der Waals surface area contributed by atoms with Crippen molar-refractivity contribution in [1.82, 2.24) is 0 Å². The highest BCUT2D eigenvalue weighted by Gasteiger charge is 2.10. The predicted molar refractivity (Wildman–Crippen MR) is 96.1 cm³/mol. The van der Waals surface area contributed by atoms with Crippen LogP contribution in [0.3, 0.4) is 0 Å². The van der Waals surface area contributed by atoms with E-state index >= 15 is 0 Å². The molecule has 0 fully saturated rings. The molecule has 0 aliphatic heterocycles. The van der Waals surface area contributed by atoms with Crippen LogP contribution in [0.15, 0.2) is 42.5 Å². The number of alkyl halides is 1. The molecule has 0 atom stereocenters. The summed E-state index contributed by atoms with van der Waals surface area (Å²) in [6, 6.07) is 13.1. The normalized spacial score (nSPS) is 10.3. The predicted octanol–water partition coefficient (Wildman–Crippen LogP) is 5.13. The molecule has 0 radical (unpaired) electrons. The zero-order valence-electron chi connectivity index (χ0n) is 10.5. The maximum absolute atomic E-state index is 12.2. The molecular weight excluding hydrogens is 452 g/mol. The molecular formula is C15H12BrClINO. The first-order valence-corrected chi connectivity index (χ1v) is 8.59. The second-order valence-corrected chi connectivity index (χ2v) is 6.61. The number of aryl methyl sites for hydroxylation is 1. The van der Waals surface area contributed by atoms with Crippen LogP contribution in [0.25, 0.3) is 0 Å². The fourth-order valence-electron chi connectivity index (χ4n) is 1.73. The lowest BCUT2D eigenvalue weighted by molar-refractivity contribution is 0.102. The molecule has 104 valence electrons. The molecule has 0 aliphatic rings. The minimum absolute atomic E-state index is 0.148. The molecule has 1 amide bonds. The first kappa shape index (κ1) is 15.8. The van der Waals surface area contributed by atoms with E-state index < -0.39 is 0 Å². The number of nitrogens with one attached hydrogen (secondary N) is 1. The number of halogens is 3. The SMILES string of the molecule is O=C(Nc1ccc(CCBr)cc1)c1cc(Cl)ccc1I. The number of carbonyl (C=O) groups is 1. The Hall–Kier alpha value is -0.590. The van der Waals surface area contributed by atoms with E-state index in [0.717, 1.165) is 21.0 Å². The van der Waals surface area contributed by atoms with Gasteiger partial charge in [-0.25, -0.2) is 0 Å². The molecule has 0 aliphatic carbocycles. The summed E-state index contributed by atoms with van der Waals surface area (Å²) >= 11 is 11.5. The van der Waals surface area contributed by atoms with Crippen molar-refractivity contribution in [3.05, 3.63) is 62.2 Å². The van der Waals surface area contributed by atoms with Gasteiger partial charge in [0.05, 0.1) is 5.56 Å². The Morgan fingerprint density at radius 3 is 2.55 bits per heavy atom. The fraction of sp³-hybridized carbons (Fsp3) is 0.133.